The van der Waals surface area contributed by atoms with Crippen molar-refractivity contribution in [2.24, 2.45) is 14.1 Å². The van der Waals surface area contributed by atoms with E-state index in [4.69, 9.17) is 21.1 Å². The number of amides is 1. The Kier molecular flexibility index (Phi) is 9.56. The van der Waals surface area contributed by atoms with Crippen molar-refractivity contribution in [2.45, 2.75) is 31.1 Å². The minimum absolute atomic E-state index is 0.0558. The predicted molar refractivity (Wildman–Crippen MR) is 157 cm³/mol. The Morgan fingerprint density at radius 1 is 1.07 bits per heavy atom. The van der Waals surface area contributed by atoms with Gasteiger partial charge >= 0.3 is 11.7 Å². The number of methoxy groups -OCH3 is 1. The largest absolute Gasteiger partial charge is 0.497 e. The van der Waals surface area contributed by atoms with Crippen LogP contribution in [-0.4, -0.2) is 50.0 Å². The van der Waals surface area contributed by atoms with Crippen molar-refractivity contribution in [2.75, 3.05) is 19.5 Å². The average Bonchev–Trinajstić information content (AvgIpc) is 3.33. The van der Waals surface area contributed by atoms with Gasteiger partial charge in [0, 0.05) is 19.1 Å². The van der Waals surface area contributed by atoms with Crippen LogP contribution >= 0.6 is 23.4 Å². The molecule has 11 nitrogen and oxygen atoms in total. The second-order valence-electron chi connectivity index (χ2n) is 9.14. The highest BCUT2D eigenvalue weighted by atomic mass is 35.5. The molecule has 2 aromatic heterocycles. The number of rotatable bonds is 11. The number of nitrogens with zero attached hydrogens (tertiary/aromatic N) is 4. The summed E-state index contributed by atoms with van der Waals surface area (Å²) in [4.78, 5) is 55.7. The van der Waals surface area contributed by atoms with Crippen LogP contribution in [0.3, 0.4) is 0 Å². The van der Waals surface area contributed by atoms with Crippen molar-refractivity contribution < 1.29 is 19.1 Å². The molecule has 1 unspecified atom stereocenters. The first-order valence-electron chi connectivity index (χ1n) is 12.8. The fourth-order valence-corrected chi connectivity index (χ4v) is 5.32. The number of hydrogen-bond donors (Lipinski definition) is 1. The van der Waals surface area contributed by atoms with E-state index in [-0.39, 0.29) is 42.4 Å². The minimum Gasteiger partial charge on any atom is -0.497 e. The molecule has 1 atom stereocenters. The number of nitrogens with one attached hydrogen (secondary N) is 1. The molecule has 0 saturated carbocycles. The minimum atomic E-state index is -0.636. The molecule has 1 N–H and O–H groups in total. The Labute approximate surface area is 245 Å². The van der Waals surface area contributed by atoms with E-state index in [1.165, 1.54) is 18.7 Å². The van der Waals surface area contributed by atoms with E-state index < -0.39 is 23.3 Å². The van der Waals surface area contributed by atoms with Gasteiger partial charge in [-0.3, -0.25) is 23.5 Å². The van der Waals surface area contributed by atoms with Gasteiger partial charge in [0.2, 0.25) is 5.91 Å². The molecule has 0 aliphatic carbocycles. The van der Waals surface area contributed by atoms with E-state index >= 15 is 0 Å². The van der Waals surface area contributed by atoms with Crippen LogP contribution in [0.5, 0.6) is 5.75 Å². The van der Waals surface area contributed by atoms with E-state index in [9.17, 15) is 19.2 Å². The maximum absolute atomic E-state index is 13.2. The van der Waals surface area contributed by atoms with Crippen LogP contribution in [0.15, 0.2) is 63.3 Å². The average molecular weight is 600 g/mol. The maximum Gasteiger partial charge on any atom is 0.332 e. The van der Waals surface area contributed by atoms with Crippen LogP contribution in [0.1, 0.15) is 30.5 Å². The number of aromatic nitrogens is 4. The maximum atomic E-state index is 13.2. The second kappa shape index (κ2) is 13.1. The van der Waals surface area contributed by atoms with Gasteiger partial charge in [0.15, 0.2) is 16.3 Å². The van der Waals surface area contributed by atoms with E-state index in [0.29, 0.717) is 21.5 Å². The molecule has 0 spiro atoms. The normalized spacial score (nSPS) is 11.8. The molecule has 216 valence electrons. The van der Waals surface area contributed by atoms with E-state index in [1.54, 1.807) is 55.0 Å². The van der Waals surface area contributed by atoms with Gasteiger partial charge in [0.05, 0.1) is 38.5 Å². The number of carbonyl (C=O) groups is 2. The lowest BCUT2D eigenvalue weighted by Gasteiger charge is -2.19. The third-order valence-electron chi connectivity index (χ3n) is 6.46. The van der Waals surface area contributed by atoms with Crippen molar-refractivity contribution in [3.05, 3.63) is 85.5 Å². The van der Waals surface area contributed by atoms with Crippen molar-refractivity contribution in [1.29, 1.82) is 0 Å². The monoisotopic (exact) mass is 599 g/mol. The number of esters is 1. The third kappa shape index (κ3) is 6.66. The molecule has 41 heavy (non-hydrogen) atoms. The lowest BCUT2D eigenvalue weighted by atomic mass is 10.0. The van der Waals surface area contributed by atoms with Gasteiger partial charge in [-0.15, -0.1) is 0 Å². The predicted octanol–water partition coefficient (Wildman–Crippen LogP) is 3.05. The second-order valence-corrected chi connectivity index (χ2v) is 10.5. The van der Waals surface area contributed by atoms with Gasteiger partial charge in [-0.2, -0.15) is 0 Å². The van der Waals surface area contributed by atoms with Gasteiger partial charge in [-0.1, -0.05) is 53.7 Å². The summed E-state index contributed by atoms with van der Waals surface area (Å²) in [6.07, 6.45) is -0.0558. The molecular weight excluding hydrogens is 570 g/mol. The third-order valence-corrected chi connectivity index (χ3v) is 7.81. The number of thioether (sulfide) groups is 1. The molecule has 2 aromatic carbocycles. The molecule has 4 aromatic rings. The molecule has 0 fully saturated rings. The highest BCUT2D eigenvalue weighted by Gasteiger charge is 2.23. The van der Waals surface area contributed by atoms with Gasteiger partial charge in [-0.05, 0) is 36.2 Å². The molecule has 4 rings (SSSR count). The lowest BCUT2D eigenvalue weighted by Crippen LogP contribution is -2.37. The highest BCUT2D eigenvalue weighted by Crippen LogP contribution is 2.26. The Hall–Kier alpha value is -4.03. The summed E-state index contributed by atoms with van der Waals surface area (Å²) in [5.41, 5.74) is 0.849. The summed E-state index contributed by atoms with van der Waals surface area (Å²) in [6.45, 7) is 2.14. The molecule has 0 radical (unpaired) electrons. The van der Waals surface area contributed by atoms with E-state index in [0.717, 1.165) is 21.9 Å². The number of ether oxygens (including phenoxy) is 2. The van der Waals surface area contributed by atoms with Crippen LogP contribution in [-0.2, 0) is 35.0 Å². The van der Waals surface area contributed by atoms with Gasteiger partial charge in [-0.25, -0.2) is 9.78 Å². The summed E-state index contributed by atoms with van der Waals surface area (Å²) in [5, 5.41) is 3.77. The van der Waals surface area contributed by atoms with Crippen molar-refractivity contribution >= 4 is 46.4 Å². The molecule has 13 heteroatoms. The molecule has 2 heterocycles. The van der Waals surface area contributed by atoms with E-state index in [2.05, 4.69) is 10.3 Å². The lowest BCUT2D eigenvalue weighted by molar-refractivity contribution is -0.143. The number of halogens is 1. The van der Waals surface area contributed by atoms with Gasteiger partial charge in [0.25, 0.3) is 5.56 Å². The van der Waals surface area contributed by atoms with E-state index in [1.807, 2.05) is 12.1 Å². The van der Waals surface area contributed by atoms with Crippen LogP contribution in [0, 0.1) is 0 Å². The first-order chi connectivity index (χ1) is 19.6. The standard InChI is InChI=1S/C28H30ClN5O6S/c1-5-40-23(36)14-21(17-10-12-19(39-4)13-11-17)30-22(35)16-41-27-31-25-24(26(37)33(3)28(38)32(25)2)34(27)15-18-8-6-7-9-20(18)29/h6-13,21H,5,14-16H2,1-4H3,(H,30,35). The Morgan fingerprint density at radius 2 is 1.78 bits per heavy atom. The number of imidazole rings is 1. The zero-order chi connectivity index (χ0) is 29.7. The quantitative estimate of drug-likeness (QED) is 0.206. The first kappa shape index (κ1) is 29.9. The van der Waals surface area contributed by atoms with Crippen LogP contribution in [0.25, 0.3) is 11.2 Å². The zero-order valence-electron chi connectivity index (χ0n) is 23.0. The fraction of sp³-hybridized carbons (Fsp3) is 0.321. The Balaban J connectivity index is 1.63. The Morgan fingerprint density at radius 3 is 2.44 bits per heavy atom. The number of aryl methyl sites for hydroxylation is 1. The molecule has 0 saturated heterocycles. The number of hydrogen-bond acceptors (Lipinski definition) is 8. The highest BCUT2D eigenvalue weighted by molar-refractivity contribution is 7.99. The summed E-state index contributed by atoms with van der Waals surface area (Å²) in [7, 11) is 4.49. The smallest absolute Gasteiger partial charge is 0.332 e. The molecule has 0 aliphatic rings. The fourth-order valence-electron chi connectivity index (χ4n) is 4.32. The summed E-state index contributed by atoms with van der Waals surface area (Å²) in [6, 6.07) is 13.6. The molecule has 1 amide bonds. The van der Waals surface area contributed by atoms with Gasteiger partial charge < -0.3 is 19.4 Å². The number of fused-ring (bicyclic) bond motifs is 1. The van der Waals surface area contributed by atoms with Crippen molar-refractivity contribution in [1.82, 2.24) is 24.0 Å². The van der Waals surface area contributed by atoms with Crippen LogP contribution in [0.2, 0.25) is 5.02 Å². The summed E-state index contributed by atoms with van der Waals surface area (Å²) in [5.74, 6) is -0.239. The topological polar surface area (TPSA) is 126 Å². The van der Waals surface area contributed by atoms with Crippen LogP contribution in [0.4, 0.5) is 0 Å². The SMILES string of the molecule is CCOC(=O)CC(NC(=O)CSc1nc2c(c(=O)n(C)c(=O)n2C)n1Cc1ccccc1Cl)c1ccc(OC)cc1. The molecule has 0 bridgehead atoms. The van der Waals surface area contributed by atoms with Gasteiger partial charge in [0.1, 0.15) is 5.75 Å². The first-order valence-corrected chi connectivity index (χ1v) is 14.1. The molecule has 0 aliphatic heterocycles. The van der Waals surface area contributed by atoms with Crippen molar-refractivity contribution in [3.63, 3.8) is 0 Å². The molecular formula is C28H30ClN5O6S. The summed E-state index contributed by atoms with van der Waals surface area (Å²) < 4.78 is 14.3. The number of carbonyl (C=O) groups excluding carboxylic acids is 2. The summed E-state index contributed by atoms with van der Waals surface area (Å²) >= 11 is 7.51. The Bertz CT molecular complexity index is 1700. The van der Waals surface area contributed by atoms with Crippen LogP contribution < -0.4 is 21.3 Å². The number of benzene rings is 2. The zero-order valence-corrected chi connectivity index (χ0v) is 24.6. The van der Waals surface area contributed by atoms with Crippen molar-refractivity contribution in [3.8, 4) is 5.75 Å².